The van der Waals surface area contributed by atoms with Gasteiger partial charge in [0.15, 0.2) is 12.6 Å². The Morgan fingerprint density at radius 1 is 0.694 bits per heavy atom. The maximum absolute atomic E-state index is 11.3. The molecule has 0 saturated heterocycles. The normalized spacial score (nSPS) is 10.5. The first-order valence-electron chi connectivity index (χ1n) is 11.3. The lowest BCUT2D eigenvalue weighted by atomic mass is 9.78. The van der Waals surface area contributed by atoms with E-state index in [0.29, 0.717) is 16.9 Å². The molecule has 0 aliphatic rings. The van der Waals surface area contributed by atoms with Crippen LogP contribution in [0.25, 0.3) is 0 Å². The summed E-state index contributed by atoms with van der Waals surface area (Å²) in [6.45, 7) is 7.12. The molecule has 3 aromatic carbocycles. The van der Waals surface area contributed by atoms with Crippen molar-refractivity contribution in [2.45, 2.75) is 33.1 Å². The van der Waals surface area contributed by atoms with Crippen molar-refractivity contribution in [2.24, 2.45) is 0 Å². The molecule has 0 spiro atoms. The van der Waals surface area contributed by atoms with Crippen LogP contribution in [0.4, 0.5) is 0 Å². The molecule has 0 heterocycles. The van der Waals surface area contributed by atoms with Gasteiger partial charge in [-0.15, -0.1) is 0 Å². The summed E-state index contributed by atoms with van der Waals surface area (Å²) in [7, 11) is 3.10. The van der Waals surface area contributed by atoms with Gasteiger partial charge in [0.1, 0.15) is 11.5 Å². The summed E-state index contributed by atoms with van der Waals surface area (Å²) in [6, 6.07) is 22.0. The van der Waals surface area contributed by atoms with Crippen LogP contribution in [-0.2, 0) is 19.7 Å². The number of methoxy groups -OCH3 is 2. The molecule has 3 rings (SSSR count). The van der Waals surface area contributed by atoms with Gasteiger partial charge in [-0.1, -0.05) is 50.2 Å². The highest BCUT2D eigenvalue weighted by atomic mass is 16.7. The van der Waals surface area contributed by atoms with Crippen molar-refractivity contribution in [3.63, 3.8) is 0 Å². The Morgan fingerprint density at radius 3 is 1.58 bits per heavy atom. The van der Waals surface area contributed by atoms with E-state index in [1.165, 1.54) is 26.5 Å². The minimum Gasteiger partial charge on any atom is -0.497 e. The van der Waals surface area contributed by atoms with Crippen LogP contribution in [0.5, 0.6) is 11.5 Å². The van der Waals surface area contributed by atoms with Gasteiger partial charge in [0.25, 0.3) is 0 Å². The third-order valence-electron chi connectivity index (χ3n) is 5.48. The van der Waals surface area contributed by atoms with E-state index in [2.05, 4.69) is 30.7 Å². The fourth-order valence-corrected chi connectivity index (χ4v) is 3.32. The summed E-state index contributed by atoms with van der Waals surface area (Å²) < 4.78 is 19.6. The molecular weight excluding hydrogens is 460 g/mol. The second-order valence-electron chi connectivity index (χ2n) is 8.44. The number of benzene rings is 3. The van der Waals surface area contributed by atoms with Crippen molar-refractivity contribution < 1.29 is 33.3 Å². The topological polar surface area (TPSA) is 88.1 Å². The molecule has 0 radical (unpaired) electrons. The summed E-state index contributed by atoms with van der Waals surface area (Å²) in [5, 5.41) is 0. The molecule has 0 aliphatic heterocycles. The van der Waals surface area contributed by atoms with Crippen molar-refractivity contribution in [3.05, 3.63) is 95.1 Å². The van der Waals surface area contributed by atoms with Crippen LogP contribution in [0.2, 0.25) is 0 Å². The van der Waals surface area contributed by atoms with E-state index in [1.807, 2.05) is 36.4 Å². The summed E-state index contributed by atoms with van der Waals surface area (Å²) >= 11 is 0. The molecule has 0 N–H and O–H groups in total. The average molecular weight is 493 g/mol. The van der Waals surface area contributed by atoms with Crippen molar-refractivity contribution >= 4 is 17.7 Å². The van der Waals surface area contributed by atoms with Crippen molar-refractivity contribution in [1.82, 2.24) is 0 Å². The lowest BCUT2D eigenvalue weighted by molar-refractivity contribution is -0.131. The van der Waals surface area contributed by atoms with Crippen LogP contribution in [0.3, 0.4) is 0 Å². The highest BCUT2D eigenvalue weighted by Gasteiger charge is 2.23. The van der Waals surface area contributed by atoms with Gasteiger partial charge in [0.05, 0.1) is 12.7 Å². The first kappa shape index (κ1) is 28.3. The van der Waals surface area contributed by atoms with E-state index in [9.17, 15) is 14.4 Å². The second-order valence-corrected chi connectivity index (χ2v) is 8.44. The Labute approximate surface area is 212 Å². The zero-order chi connectivity index (χ0) is 26.7. The third-order valence-corrected chi connectivity index (χ3v) is 5.48. The Balaban J connectivity index is 0.000000269. The number of esters is 2. The van der Waals surface area contributed by atoms with E-state index in [-0.39, 0.29) is 24.0 Å². The van der Waals surface area contributed by atoms with Crippen molar-refractivity contribution in [2.75, 3.05) is 21.0 Å². The van der Waals surface area contributed by atoms with Crippen molar-refractivity contribution in [3.8, 4) is 11.5 Å². The van der Waals surface area contributed by atoms with Crippen LogP contribution < -0.4 is 9.47 Å². The lowest BCUT2D eigenvalue weighted by Gasteiger charge is -2.26. The smallest absolute Gasteiger partial charge is 0.340 e. The van der Waals surface area contributed by atoms with Gasteiger partial charge < -0.3 is 18.9 Å². The Kier molecular flexibility index (Phi) is 10.4. The number of Topliss-reactive ketones (excluding diaryl/α,β-unsaturated/α-hetero) is 1. The molecule has 0 saturated carbocycles. The predicted molar refractivity (Wildman–Crippen MR) is 137 cm³/mol. The van der Waals surface area contributed by atoms with Crippen LogP contribution in [-0.4, -0.2) is 38.7 Å². The molecule has 0 fully saturated rings. The van der Waals surface area contributed by atoms with Crippen LogP contribution in [0, 0.1) is 0 Å². The van der Waals surface area contributed by atoms with E-state index < -0.39 is 5.97 Å². The highest BCUT2D eigenvalue weighted by molar-refractivity contribution is 5.96. The molecule has 0 aliphatic carbocycles. The maximum atomic E-state index is 11.3. The first-order chi connectivity index (χ1) is 17.1. The molecule has 190 valence electrons. The van der Waals surface area contributed by atoms with E-state index >= 15 is 0 Å². The average Bonchev–Trinajstić information content (AvgIpc) is 2.87. The van der Waals surface area contributed by atoms with Gasteiger partial charge in [0.2, 0.25) is 0 Å². The molecule has 7 nitrogen and oxygen atoms in total. The standard InChI is InChI=1S/C18H20O3.C11H12O4/c1-13(19)21-17-11-7-15(8-12-17)18(2,3)14-5-9-16(20-4)10-6-14;1-8(12)9-3-5-10(6-4-9)11(13)15-7-14-2/h5-12H,1-4H3;3-6H,7H2,1-2H3. The van der Waals surface area contributed by atoms with E-state index in [1.54, 1.807) is 31.4 Å². The zero-order valence-corrected chi connectivity index (χ0v) is 21.5. The number of carbonyl (C=O) groups excluding carboxylic acids is 3. The quantitative estimate of drug-likeness (QED) is 0.175. The largest absolute Gasteiger partial charge is 0.497 e. The van der Waals surface area contributed by atoms with Crippen LogP contribution in [0.1, 0.15) is 59.5 Å². The minimum absolute atomic E-state index is 0.0354. The molecule has 0 amide bonds. The number of rotatable bonds is 8. The molecule has 0 atom stereocenters. The molecule has 36 heavy (non-hydrogen) atoms. The number of ketones is 1. The molecule has 7 heteroatoms. The predicted octanol–water partition coefficient (Wildman–Crippen LogP) is 5.60. The minimum atomic E-state index is -0.466. The summed E-state index contributed by atoms with van der Waals surface area (Å²) in [4.78, 5) is 33.2. The second kappa shape index (κ2) is 13.2. The number of ether oxygens (including phenoxy) is 4. The summed E-state index contributed by atoms with van der Waals surface area (Å²) in [6.07, 6.45) is 0. The number of hydrogen-bond donors (Lipinski definition) is 0. The molecular formula is C29H32O7. The van der Waals surface area contributed by atoms with Gasteiger partial charge in [0, 0.05) is 25.0 Å². The molecule has 3 aromatic rings. The molecule has 0 unspecified atom stereocenters. The maximum Gasteiger partial charge on any atom is 0.340 e. The lowest BCUT2D eigenvalue weighted by Crippen LogP contribution is -2.18. The van der Waals surface area contributed by atoms with Gasteiger partial charge >= 0.3 is 11.9 Å². The monoisotopic (exact) mass is 492 g/mol. The fraction of sp³-hybridized carbons (Fsp3) is 0.276. The number of carbonyl (C=O) groups is 3. The fourth-order valence-electron chi connectivity index (χ4n) is 3.32. The summed E-state index contributed by atoms with van der Waals surface area (Å²) in [5.41, 5.74) is 3.18. The first-order valence-corrected chi connectivity index (χ1v) is 11.3. The van der Waals surface area contributed by atoms with Gasteiger partial charge in [-0.3, -0.25) is 9.59 Å². The van der Waals surface area contributed by atoms with Gasteiger partial charge in [-0.05, 0) is 54.4 Å². The Bertz CT molecular complexity index is 1150. The summed E-state index contributed by atoms with van der Waals surface area (Å²) in [5.74, 6) is 0.604. The third kappa shape index (κ3) is 8.06. The Hall–Kier alpha value is -3.97. The van der Waals surface area contributed by atoms with E-state index in [0.717, 1.165) is 11.3 Å². The molecule has 0 aromatic heterocycles. The highest BCUT2D eigenvalue weighted by Crippen LogP contribution is 2.33. The zero-order valence-electron chi connectivity index (χ0n) is 21.5. The molecule has 0 bridgehead atoms. The van der Waals surface area contributed by atoms with Crippen molar-refractivity contribution in [1.29, 1.82) is 0 Å². The van der Waals surface area contributed by atoms with Crippen LogP contribution in [0.15, 0.2) is 72.8 Å². The SMILES string of the molecule is COCOC(=O)c1ccc(C(C)=O)cc1.COc1ccc(C(C)(C)c2ccc(OC(C)=O)cc2)cc1. The van der Waals surface area contributed by atoms with Crippen LogP contribution >= 0.6 is 0 Å². The van der Waals surface area contributed by atoms with E-state index in [4.69, 9.17) is 14.2 Å². The number of hydrogen-bond acceptors (Lipinski definition) is 7. The van der Waals surface area contributed by atoms with Gasteiger partial charge in [-0.25, -0.2) is 4.79 Å². The van der Waals surface area contributed by atoms with Gasteiger partial charge in [-0.2, -0.15) is 0 Å². The Morgan fingerprint density at radius 2 is 1.17 bits per heavy atom.